The number of benzene rings is 1. The first-order valence-electron chi connectivity index (χ1n) is 9.37. The van der Waals surface area contributed by atoms with Crippen molar-refractivity contribution in [2.75, 3.05) is 18.5 Å². The first-order chi connectivity index (χ1) is 13.8. The van der Waals surface area contributed by atoms with Crippen LogP contribution in [0.3, 0.4) is 0 Å². The molecule has 0 saturated carbocycles. The van der Waals surface area contributed by atoms with Crippen LogP contribution >= 0.6 is 0 Å². The largest absolute Gasteiger partial charge is 0.493 e. The van der Waals surface area contributed by atoms with Crippen LogP contribution < -0.4 is 15.4 Å². The maximum absolute atomic E-state index is 12.3. The number of amides is 2. The Kier molecular flexibility index (Phi) is 7.76. The van der Waals surface area contributed by atoms with Gasteiger partial charge in [-0.05, 0) is 39.8 Å². The number of para-hydroxylation sites is 1. The van der Waals surface area contributed by atoms with Crippen molar-refractivity contribution >= 4 is 23.6 Å². The average molecular weight is 402 g/mol. The Balaban J connectivity index is 1.86. The maximum Gasteiger partial charge on any atom is 0.326 e. The van der Waals surface area contributed by atoms with Crippen LogP contribution in [0.25, 0.3) is 0 Å². The van der Waals surface area contributed by atoms with E-state index in [0.717, 1.165) is 0 Å². The molecule has 2 N–H and O–H groups in total. The summed E-state index contributed by atoms with van der Waals surface area (Å²) in [6.07, 6.45) is 0.535. The molecule has 0 saturated heterocycles. The van der Waals surface area contributed by atoms with Gasteiger partial charge in [-0.1, -0.05) is 12.1 Å². The smallest absolute Gasteiger partial charge is 0.326 e. The lowest BCUT2D eigenvalue weighted by atomic mass is 10.2. The normalized spacial score (nSPS) is 11.6. The quantitative estimate of drug-likeness (QED) is 0.622. The number of hydrogen-bond acceptors (Lipinski definition) is 6. The van der Waals surface area contributed by atoms with Gasteiger partial charge in [-0.25, -0.2) is 4.68 Å². The van der Waals surface area contributed by atoms with Crippen molar-refractivity contribution < 1.29 is 23.9 Å². The third kappa shape index (κ3) is 6.06. The Bertz CT molecular complexity index is 862. The molecule has 9 heteroatoms. The monoisotopic (exact) mass is 402 g/mol. The number of anilines is 1. The van der Waals surface area contributed by atoms with Crippen LogP contribution in [0, 0.1) is 0 Å². The number of nitrogens with zero attached hydrogens (tertiary/aromatic N) is 2. The van der Waals surface area contributed by atoms with E-state index in [9.17, 15) is 14.4 Å². The molecule has 0 bridgehead atoms. The minimum atomic E-state index is -1.04. The zero-order valence-corrected chi connectivity index (χ0v) is 17.0. The molecule has 9 nitrogen and oxygen atoms in total. The van der Waals surface area contributed by atoms with Crippen LogP contribution in [-0.2, 0) is 14.3 Å². The molecular weight excluding hydrogens is 376 g/mol. The van der Waals surface area contributed by atoms with Crippen molar-refractivity contribution in [3.05, 3.63) is 42.1 Å². The minimum Gasteiger partial charge on any atom is -0.493 e. The fourth-order valence-electron chi connectivity index (χ4n) is 2.53. The molecule has 0 unspecified atom stereocenters. The van der Waals surface area contributed by atoms with Crippen molar-refractivity contribution in [2.24, 2.45) is 0 Å². The van der Waals surface area contributed by atoms with Gasteiger partial charge in [0.2, 0.25) is 0 Å². The number of rotatable bonds is 9. The summed E-state index contributed by atoms with van der Waals surface area (Å²) in [6, 6.07) is 8.44. The van der Waals surface area contributed by atoms with E-state index in [2.05, 4.69) is 15.7 Å². The predicted molar refractivity (Wildman–Crippen MR) is 107 cm³/mol. The number of hydrogen-bond donors (Lipinski definition) is 2. The van der Waals surface area contributed by atoms with E-state index in [-0.39, 0.29) is 12.6 Å². The molecule has 0 fully saturated rings. The highest BCUT2D eigenvalue weighted by Gasteiger charge is 2.20. The minimum absolute atomic E-state index is 0.0629. The molecule has 29 heavy (non-hydrogen) atoms. The van der Waals surface area contributed by atoms with Crippen molar-refractivity contribution in [2.45, 2.75) is 39.8 Å². The number of carbonyl (C=O) groups excluding carboxylic acids is 3. The Labute approximate surface area is 169 Å². The summed E-state index contributed by atoms with van der Waals surface area (Å²) in [5, 5.41) is 9.27. The van der Waals surface area contributed by atoms with Gasteiger partial charge in [-0.15, -0.1) is 0 Å². The fraction of sp³-hybridized carbons (Fsp3) is 0.400. The zero-order chi connectivity index (χ0) is 21.4. The third-order valence-electron chi connectivity index (χ3n) is 3.91. The molecule has 0 spiro atoms. The van der Waals surface area contributed by atoms with Crippen LogP contribution in [-0.4, -0.2) is 46.8 Å². The van der Waals surface area contributed by atoms with Gasteiger partial charge in [0.15, 0.2) is 6.10 Å². The second-order valence-corrected chi connectivity index (χ2v) is 6.49. The lowest BCUT2D eigenvalue weighted by molar-refractivity contribution is -0.152. The Morgan fingerprint density at radius 3 is 2.55 bits per heavy atom. The summed E-state index contributed by atoms with van der Waals surface area (Å²) in [7, 11) is 0. The van der Waals surface area contributed by atoms with E-state index in [1.807, 2.05) is 20.8 Å². The topological polar surface area (TPSA) is 112 Å². The van der Waals surface area contributed by atoms with E-state index >= 15 is 0 Å². The predicted octanol–water partition coefficient (Wildman–Crippen LogP) is 2.16. The van der Waals surface area contributed by atoms with Crippen molar-refractivity contribution in [3.8, 4) is 5.75 Å². The Morgan fingerprint density at radius 1 is 1.14 bits per heavy atom. The summed E-state index contributed by atoms with van der Waals surface area (Å²) >= 11 is 0. The molecule has 0 aliphatic carbocycles. The molecule has 1 atom stereocenters. The van der Waals surface area contributed by atoms with Crippen molar-refractivity contribution in [3.63, 3.8) is 0 Å². The molecule has 156 valence electrons. The standard InChI is InChI=1S/C20H26N4O5/c1-5-28-16-9-7-6-8-15(16)20(27)21-12-18(25)29-14(4)19(26)23-17-10-11-22-24(17)13(2)3/h6-11,13-14H,5,12H2,1-4H3,(H,21,27)(H,23,26)/t14-/m0/s1. The summed E-state index contributed by atoms with van der Waals surface area (Å²) in [5.74, 6) is -0.755. The number of aromatic nitrogens is 2. The van der Waals surface area contributed by atoms with E-state index in [1.165, 1.54) is 6.92 Å². The Morgan fingerprint density at radius 2 is 1.86 bits per heavy atom. The molecule has 2 amide bonds. The molecular formula is C20H26N4O5. The second-order valence-electron chi connectivity index (χ2n) is 6.49. The first kappa shape index (κ1) is 21.9. The van der Waals surface area contributed by atoms with Crippen LogP contribution in [0.1, 0.15) is 44.1 Å². The van der Waals surface area contributed by atoms with Gasteiger partial charge in [0.05, 0.1) is 18.4 Å². The van der Waals surface area contributed by atoms with Crippen LogP contribution in [0.15, 0.2) is 36.5 Å². The van der Waals surface area contributed by atoms with Crippen LogP contribution in [0.2, 0.25) is 0 Å². The fourth-order valence-corrected chi connectivity index (χ4v) is 2.53. The molecule has 1 aromatic heterocycles. The third-order valence-corrected chi connectivity index (χ3v) is 3.91. The van der Waals surface area contributed by atoms with E-state index in [0.29, 0.717) is 23.7 Å². The van der Waals surface area contributed by atoms with Crippen LogP contribution in [0.5, 0.6) is 5.75 Å². The SMILES string of the molecule is CCOc1ccccc1C(=O)NCC(=O)O[C@@H](C)C(=O)Nc1ccnn1C(C)C. The highest BCUT2D eigenvalue weighted by Crippen LogP contribution is 2.17. The Hall–Kier alpha value is -3.36. The number of ether oxygens (including phenoxy) is 2. The van der Waals surface area contributed by atoms with E-state index < -0.39 is 23.9 Å². The zero-order valence-electron chi connectivity index (χ0n) is 17.0. The van der Waals surface area contributed by atoms with Crippen molar-refractivity contribution in [1.29, 1.82) is 0 Å². The first-order valence-corrected chi connectivity index (χ1v) is 9.37. The van der Waals surface area contributed by atoms with Gasteiger partial charge in [0.1, 0.15) is 18.1 Å². The molecule has 1 heterocycles. The number of esters is 1. The van der Waals surface area contributed by atoms with Crippen LogP contribution in [0.4, 0.5) is 5.82 Å². The molecule has 0 aliphatic rings. The van der Waals surface area contributed by atoms with Gasteiger partial charge < -0.3 is 20.1 Å². The molecule has 1 aromatic carbocycles. The maximum atomic E-state index is 12.3. The summed E-state index contributed by atoms with van der Waals surface area (Å²) in [5.41, 5.74) is 0.315. The van der Waals surface area contributed by atoms with Crippen molar-refractivity contribution in [1.82, 2.24) is 15.1 Å². The molecule has 0 aliphatic heterocycles. The number of carbonyl (C=O) groups is 3. The number of nitrogens with one attached hydrogen (secondary N) is 2. The second kappa shape index (κ2) is 10.3. The van der Waals surface area contributed by atoms with Gasteiger partial charge in [-0.3, -0.25) is 14.4 Å². The van der Waals surface area contributed by atoms with E-state index in [1.54, 1.807) is 41.2 Å². The molecule has 2 aromatic rings. The van der Waals surface area contributed by atoms with Gasteiger partial charge in [0, 0.05) is 12.1 Å². The average Bonchev–Trinajstić information content (AvgIpc) is 3.15. The molecule has 2 rings (SSSR count). The van der Waals surface area contributed by atoms with Gasteiger partial charge in [0.25, 0.3) is 11.8 Å². The summed E-state index contributed by atoms with van der Waals surface area (Å²) in [4.78, 5) is 36.6. The lowest BCUT2D eigenvalue weighted by Gasteiger charge is -2.16. The van der Waals surface area contributed by atoms with Gasteiger partial charge >= 0.3 is 5.97 Å². The summed E-state index contributed by atoms with van der Waals surface area (Å²) in [6.45, 7) is 7.16. The van der Waals surface area contributed by atoms with Gasteiger partial charge in [-0.2, -0.15) is 5.10 Å². The molecule has 0 radical (unpaired) electrons. The lowest BCUT2D eigenvalue weighted by Crippen LogP contribution is -2.36. The summed E-state index contributed by atoms with van der Waals surface area (Å²) < 4.78 is 12.1. The van der Waals surface area contributed by atoms with E-state index in [4.69, 9.17) is 9.47 Å². The highest BCUT2D eigenvalue weighted by atomic mass is 16.5. The highest BCUT2D eigenvalue weighted by molar-refractivity contribution is 5.99.